The molecule has 0 aliphatic carbocycles. The zero-order valence-electron chi connectivity index (χ0n) is 18.0. The van der Waals surface area contributed by atoms with Crippen LogP contribution in [0.3, 0.4) is 0 Å². The van der Waals surface area contributed by atoms with E-state index in [1.54, 1.807) is 30.7 Å². The summed E-state index contributed by atoms with van der Waals surface area (Å²) in [6, 6.07) is 15.1. The van der Waals surface area contributed by atoms with Crippen molar-refractivity contribution < 1.29 is 9.72 Å². The lowest BCUT2D eigenvalue weighted by molar-refractivity contribution is -0.386. The van der Waals surface area contributed by atoms with Crippen LogP contribution in [-0.4, -0.2) is 51.7 Å². The van der Waals surface area contributed by atoms with Crippen molar-refractivity contribution in [3.05, 3.63) is 86.2 Å². The molecule has 2 heterocycles. The number of hydrogen-bond donors (Lipinski definition) is 0. The minimum atomic E-state index is -0.401. The SMILES string of the molecule is Cc1nn(Cc2ccc(C(=O)N3CCN(c4ccccc4Cl)CC3)cc2)c(C)c1[N+](=O)[O-]. The Morgan fingerprint density at radius 3 is 2.31 bits per heavy atom. The Morgan fingerprint density at radius 1 is 1.06 bits per heavy atom. The third kappa shape index (κ3) is 4.31. The number of anilines is 1. The molecule has 2 aromatic carbocycles. The van der Waals surface area contributed by atoms with Gasteiger partial charge in [-0.15, -0.1) is 0 Å². The number of benzene rings is 2. The van der Waals surface area contributed by atoms with Crippen molar-refractivity contribution in [2.45, 2.75) is 20.4 Å². The Balaban J connectivity index is 1.39. The maximum Gasteiger partial charge on any atom is 0.312 e. The van der Waals surface area contributed by atoms with Gasteiger partial charge in [-0.05, 0) is 43.7 Å². The van der Waals surface area contributed by atoms with Gasteiger partial charge < -0.3 is 9.80 Å². The van der Waals surface area contributed by atoms with Crippen LogP contribution < -0.4 is 4.90 Å². The molecule has 0 spiro atoms. The number of nitro groups is 1. The predicted molar refractivity (Wildman–Crippen MR) is 123 cm³/mol. The van der Waals surface area contributed by atoms with E-state index in [4.69, 9.17) is 11.6 Å². The lowest BCUT2D eigenvalue weighted by atomic mass is 10.1. The molecular formula is C23H24ClN5O3. The van der Waals surface area contributed by atoms with Crippen molar-refractivity contribution >= 4 is 28.9 Å². The number of rotatable bonds is 5. The minimum absolute atomic E-state index is 0.00268. The van der Waals surface area contributed by atoms with E-state index in [0.717, 1.165) is 29.4 Å². The van der Waals surface area contributed by atoms with Gasteiger partial charge in [-0.1, -0.05) is 35.9 Å². The molecule has 0 radical (unpaired) electrons. The fourth-order valence-electron chi connectivity index (χ4n) is 4.07. The Morgan fingerprint density at radius 2 is 1.72 bits per heavy atom. The predicted octanol–water partition coefficient (Wildman–Crippen LogP) is 4.07. The molecule has 1 aliphatic heterocycles. The summed E-state index contributed by atoms with van der Waals surface area (Å²) in [5.41, 5.74) is 3.51. The number of para-hydroxylation sites is 1. The van der Waals surface area contributed by atoms with Gasteiger partial charge in [0.15, 0.2) is 0 Å². The van der Waals surface area contributed by atoms with E-state index in [9.17, 15) is 14.9 Å². The highest BCUT2D eigenvalue weighted by Gasteiger charge is 2.24. The van der Waals surface area contributed by atoms with Gasteiger partial charge in [-0.3, -0.25) is 19.6 Å². The van der Waals surface area contributed by atoms with Gasteiger partial charge >= 0.3 is 5.69 Å². The Hall–Kier alpha value is -3.39. The second-order valence-electron chi connectivity index (χ2n) is 7.86. The molecule has 0 saturated carbocycles. The standard InChI is InChI=1S/C23H24ClN5O3/c1-16-22(29(31)32)17(2)28(25-16)15-18-7-9-19(10-8-18)23(30)27-13-11-26(12-14-27)21-6-4-3-5-20(21)24/h3-10H,11-15H2,1-2H3. The fraction of sp³-hybridized carbons (Fsp3) is 0.304. The van der Waals surface area contributed by atoms with E-state index in [1.165, 1.54) is 0 Å². The van der Waals surface area contributed by atoms with Gasteiger partial charge in [0.05, 0.1) is 22.2 Å². The first-order valence-electron chi connectivity index (χ1n) is 10.4. The van der Waals surface area contributed by atoms with Crippen LogP contribution in [0, 0.1) is 24.0 Å². The number of halogens is 1. The van der Waals surface area contributed by atoms with Gasteiger partial charge in [0, 0.05) is 31.7 Å². The summed E-state index contributed by atoms with van der Waals surface area (Å²) in [5, 5.41) is 16.2. The molecule has 32 heavy (non-hydrogen) atoms. The summed E-state index contributed by atoms with van der Waals surface area (Å²) in [7, 11) is 0. The van der Waals surface area contributed by atoms with Gasteiger partial charge in [0.25, 0.3) is 5.91 Å². The van der Waals surface area contributed by atoms with E-state index in [-0.39, 0.29) is 11.6 Å². The second kappa shape index (κ2) is 9.00. The molecule has 0 N–H and O–H groups in total. The zero-order chi connectivity index (χ0) is 22.8. The fourth-order valence-corrected chi connectivity index (χ4v) is 4.33. The van der Waals surface area contributed by atoms with Crippen molar-refractivity contribution in [2.75, 3.05) is 31.1 Å². The number of aryl methyl sites for hydroxylation is 1. The number of carbonyl (C=O) groups is 1. The molecule has 0 atom stereocenters. The molecule has 1 saturated heterocycles. The van der Waals surface area contributed by atoms with Gasteiger partial charge in [0.1, 0.15) is 11.4 Å². The van der Waals surface area contributed by atoms with Crippen LogP contribution in [0.2, 0.25) is 5.02 Å². The molecule has 166 valence electrons. The smallest absolute Gasteiger partial charge is 0.312 e. The third-order valence-corrected chi connectivity index (χ3v) is 6.14. The zero-order valence-corrected chi connectivity index (χ0v) is 18.7. The normalized spacial score (nSPS) is 14.0. The Labute approximate surface area is 191 Å². The average Bonchev–Trinajstić information content (AvgIpc) is 3.07. The molecule has 8 nitrogen and oxygen atoms in total. The molecule has 1 fully saturated rings. The van der Waals surface area contributed by atoms with E-state index in [1.807, 2.05) is 41.3 Å². The highest BCUT2D eigenvalue weighted by molar-refractivity contribution is 6.33. The molecule has 0 unspecified atom stereocenters. The molecule has 1 amide bonds. The van der Waals surface area contributed by atoms with Crippen LogP contribution in [0.25, 0.3) is 0 Å². The first kappa shape index (κ1) is 21.8. The largest absolute Gasteiger partial charge is 0.367 e. The molecule has 9 heteroatoms. The molecule has 1 aliphatic rings. The number of aromatic nitrogens is 2. The van der Waals surface area contributed by atoms with Crippen LogP contribution in [0.15, 0.2) is 48.5 Å². The maximum atomic E-state index is 12.9. The lowest BCUT2D eigenvalue weighted by Crippen LogP contribution is -2.48. The number of carbonyl (C=O) groups excluding carboxylic acids is 1. The van der Waals surface area contributed by atoms with Crippen molar-refractivity contribution in [1.29, 1.82) is 0 Å². The quantitative estimate of drug-likeness (QED) is 0.429. The number of nitrogens with zero attached hydrogens (tertiary/aromatic N) is 5. The van der Waals surface area contributed by atoms with Crippen molar-refractivity contribution in [2.24, 2.45) is 0 Å². The summed E-state index contributed by atoms with van der Waals surface area (Å²) < 4.78 is 1.62. The number of piperazine rings is 1. The molecule has 3 aromatic rings. The monoisotopic (exact) mass is 453 g/mol. The third-order valence-electron chi connectivity index (χ3n) is 5.82. The first-order chi connectivity index (χ1) is 15.3. The van der Waals surface area contributed by atoms with Crippen molar-refractivity contribution in [3.63, 3.8) is 0 Å². The van der Waals surface area contributed by atoms with Crippen LogP contribution in [0.4, 0.5) is 11.4 Å². The number of amides is 1. The highest BCUT2D eigenvalue weighted by atomic mass is 35.5. The summed E-state index contributed by atoms with van der Waals surface area (Å²) in [4.78, 5) is 27.8. The Kier molecular flexibility index (Phi) is 6.14. The molecule has 1 aromatic heterocycles. The van der Waals surface area contributed by atoms with Gasteiger partial charge in [-0.25, -0.2) is 0 Å². The maximum absolute atomic E-state index is 12.9. The topological polar surface area (TPSA) is 84.5 Å². The molecular weight excluding hydrogens is 430 g/mol. The Bertz CT molecular complexity index is 1150. The molecule has 4 rings (SSSR count). The van der Waals surface area contributed by atoms with E-state index < -0.39 is 4.92 Å². The lowest BCUT2D eigenvalue weighted by Gasteiger charge is -2.36. The highest BCUT2D eigenvalue weighted by Crippen LogP contribution is 2.26. The molecule has 0 bridgehead atoms. The van der Waals surface area contributed by atoms with Crippen molar-refractivity contribution in [3.8, 4) is 0 Å². The minimum Gasteiger partial charge on any atom is -0.367 e. The number of hydrogen-bond acceptors (Lipinski definition) is 5. The van der Waals surface area contributed by atoms with Crippen LogP contribution in [-0.2, 0) is 6.54 Å². The van der Waals surface area contributed by atoms with Gasteiger partial charge in [0.2, 0.25) is 0 Å². The average molecular weight is 454 g/mol. The summed E-state index contributed by atoms with van der Waals surface area (Å²) in [6.07, 6.45) is 0. The van der Waals surface area contributed by atoms with Crippen LogP contribution >= 0.6 is 11.6 Å². The summed E-state index contributed by atoms with van der Waals surface area (Å²) in [6.45, 7) is 6.44. The first-order valence-corrected chi connectivity index (χ1v) is 10.8. The van der Waals surface area contributed by atoms with Crippen LogP contribution in [0.5, 0.6) is 0 Å². The van der Waals surface area contributed by atoms with E-state index in [0.29, 0.717) is 36.6 Å². The van der Waals surface area contributed by atoms with Crippen LogP contribution in [0.1, 0.15) is 27.3 Å². The summed E-state index contributed by atoms with van der Waals surface area (Å²) in [5.74, 6) is -0.00268. The van der Waals surface area contributed by atoms with E-state index in [2.05, 4.69) is 10.00 Å². The van der Waals surface area contributed by atoms with Crippen molar-refractivity contribution in [1.82, 2.24) is 14.7 Å². The van der Waals surface area contributed by atoms with E-state index >= 15 is 0 Å². The summed E-state index contributed by atoms with van der Waals surface area (Å²) >= 11 is 6.30. The second-order valence-corrected chi connectivity index (χ2v) is 8.27. The van der Waals surface area contributed by atoms with Gasteiger partial charge in [-0.2, -0.15) is 5.10 Å².